The van der Waals surface area contributed by atoms with Gasteiger partial charge in [-0.05, 0) is 32.0 Å². The van der Waals surface area contributed by atoms with Crippen LogP contribution in [-0.4, -0.2) is 53.8 Å². The molecule has 1 aromatic carbocycles. The summed E-state index contributed by atoms with van der Waals surface area (Å²) in [4.78, 5) is 25.7. The summed E-state index contributed by atoms with van der Waals surface area (Å²) in [5, 5.41) is 9.66. The van der Waals surface area contributed by atoms with Crippen LogP contribution in [0.1, 0.15) is 24.2 Å². The van der Waals surface area contributed by atoms with Gasteiger partial charge in [0.25, 0.3) is 5.91 Å². The van der Waals surface area contributed by atoms with E-state index in [4.69, 9.17) is 9.47 Å². The Balaban J connectivity index is 1.93. The molecule has 7 heteroatoms. The molecule has 1 heterocycles. The van der Waals surface area contributed by atoms with Gasteiger partial charge in [0, 0.05) is 17.6 Å². The molecule has 1 aliphatic heterocycles. The molecule has 0 aromatic heterocycles. The van der Waals surface area contributed by atoms with Gasteiger partial charge in [-0.25, -0.2) is 4.79 Å². The fourth-order valence-electron chi connectivity index (χ4n) is 2.35. The zero-order valence-corrected chi connectivity index (χ0v) is 14.0. The molecule has 1 amide bonds. The van der Waals surface area contributed by atoms with Gasteiger partial charge in [0.1, 0.15) is 11.3 Å². The second-order valence-corrected chi connectivity index (χ2v) is 6.21. The highest BCUT2D eigenvalue weighted by Gasteiger charge is 2.26. The van der Waals surface area contributed by atoms with Crippen LogP contribution in [0.5, 0.6) is 5.75 Å². The molecule has 0 aliphatic carbocycles. The van der Waals surface area contributed by atoms with Gasteiger partial charge >= 0.3 is 5.97 Å². The number of nitrogens with zero attached hydrogens (tertiary/aromatic N) is 1. The van der Waals surface area contributed by atoms with Crippen LogP contribution < -0.4 is 0 Å². The lowest BCUT2D eigenvalue weighted by Crippen LogP contribution is -2.49. The molecule has 22 heavy (non-hydrogen) atoms. The van der Waals surface area contributed by atoms with Gasteiger partial charge in [-0.15, -0.1) is 0 Å². The Labute approximate surface area is 137 Å². The number of carbonyl (C=O) groups excluding carboxylic acids is 2. The van der Waals surface area contributed by atoms with Crippen molar-refractivity contribution in [3.63, 3.8) is 0 Å². The molecular weight excluding hydrogens is 354 g/mol. The second kappa shape index (κ2) is 7.11. The Morgan fingerprint density at radius 2 is 2.00 bits per heavy atom. The van der Waals surface area contributed by atoms with E-state index in [1.807, 2.05) is 13.8 Å². The lowest BCUT2D eigenvalue weighted by atomic mass is 10.2. The maximum Gasteiger partial charge on any atom is 0.342 e. The first-order valence-electron chi connectivity index (χ1n) is 6.95. The maximum absolute atomic E-state index is 12.1. The molecule has 1 fully saturated rings. The highest BCUT2D eigenvalue weighted by atomic mass is 79.9. The predicted molar refractivity (Wildman–Crippen MR) is 82.7 cm³/mol. The van der Waals surface area contributed by atoms with E-state index in [1.54, 1.807) is 11.0 Å². The molecule has 0 unspecified atom stereocenters. The minimum absolute atomic E-state index is 0.0193. The summed E-state index contributed by atoms with van der Waals surface area (Å²) >= 11 is 3.21. The molecule has 0 bridgehead atoms. The summed E-state index contributed by atoms with van der Waals surface area (Å²) in [5.74, 6) is -1.19. The summed E-state index contributed by atoms with van der Waals surface area (Å²) in [6, 6.07) is 4.43. The molecule has 120 valence electrons. The molecule has 2 rings (SSSR count). The van der Waals surface area contributed by atoms with E-state index < -0.39 is 5.97 Å². The normalized spacial score (nSPS) is 21.5. The van der Waals surface area contributed by atoms with Crippen LogP contribution in [0.25, 0.3) is 0 Å². The van der Waals surface area contributed by atoms with Crippen LogP contribution in [0.15, 0.2) is 22.7 Å². The van der Waals surface area contributed by atoms with Crippen LogP contribution in [0, 0.1) is 0 Å². The van der Waals surface area contributed by atoms with Crippen molar-refractivity contribution in [2.75, 3.05) is 19.7 Å². The fraction of sp³-hybridized carbons (Fsp3) is 0.467. The Morgan fingerprint density at radius 3 is 2.64 bits per heavy atom. The van der Waals surface area contributed by atoms with Crippen molar-refractivity contribution in [3.05, 3.63) is 28.2 Å². The van der Waals surface area contributed by atoms with Crippen molar-refractivity contribution in [3.8, 4) is 5.75 Å². The van der Waals surface area contributed by atoms with E-state index in [1.165, 1.54) is 12.1 Å². The van der Waals surface area contributed by atoms with Gasteiger partial charge in [0.2, 0.25) is 0 Å². The van der Waals surface area contributed by atoms with E-state index in [9.17, 15) is 14.7 Å². The molecule has 2 atom stereocenters. The monoisotopic (exact) mass is 371 g/mol. The molecule has 1 aromatic rings. The first-order valence-corrected chi connectivity index (χ1v) is 7.75. The lowest BCUT2D eigenvalue weighted by molar-refractivity contribution is -0.146. The predicted octanol–water partition coefficient (Wildman–Crippen LogP) is 1.95. The number of phenolic OH excluding ortho intramolecular Hbond substituents is 1. The minimum atomic E-state index is -0.735. The first kappa shape index (κ1) is 16.8. The highest BCUT2D eigenvalue weighted by Crippen LogP contribution is 2.22. The lowest BCUT2D eigenvalue weighted by Gasteiger charge is -2.35. The largest absolute Gasteiger partial charge is 0.507 e. The average molecular weight is 372 g/mol. The summed E-state index contributed by atoms with van der Waals surface area (Å²) in [5.41, 5.74) is 0.0193. The number of carbonyl (C=O) groups is 2. The third kappa shape index (κ3) is 4.20. The van der Waals surface area contributed by atoms with Gasteiger partial charge in [-0.2, -0.15) is 0 Å². The smallest absolute Gasteiger partial charge is 0.342 e. The third-order valence-electron chi connectivity index (χ3n) is 3.28. The number of aromatic hydroxyl groups is 1. The Bertz CT molecular complexity index is 567. The van der Waals surface area contributed by atoms with Crippen molar-refractivity contribution in [1.29, 1.82) is 0 Å². The molecule has 0 spiro atoms. The Hall–Kier alpha value is -1.60. The Kier molecular flexibility index (Phi) is 5.42. The van der Waals surface area contributed by atoms with E-state index in [-0.39, 0.29) is 36.0 Å². The fourth-order valence-corrected chi connectivity index (χ4v) is 2.71. The minimum Gasteiger partial charge on any atom is -0.507 e. The van der Waals surface area contributed by atoms with Gasteiger partial charge in [0.05, 0.1) is 12.2 Å². The molecule has 1 N–H and O–H groups in total. The highest BCUT2D eigenvalue weighted by molar-refractivity contribution is 9.10. The van der Waals surface area contributed by atoms with E-state index in [2.05, 4.69) is 15.9 Å². The number of rotatable bonds is 3. The summed E-state index contributed by atoms with van der Waals surface area (Å²) in [6.07, 6.45) is -0.0879. The van der Waals surface area contributed by atoms with E-state index in [0.717, 1.165) is 0 Å². The van der Waals surface area contributed by atoms with Crippen molar-refractivity contribution >= 4 is 27.8 Å². The van der Waals surface area contributed by atoms with Gasteiger partial charge in [-0.3, -0.25) is 4.79 Å². The summed E-state index contributed by atoms with van der Waals surface area (Å²) < 4.78 is 11.2. The van der Waals surface area contributed by atoms with Crippen LogP contribution in [0.2, 0.25) is 0 Å². The van der Waals surface area contributed by atoms with Gasteiger partial charge in [0.15, 0.2) is 6.61 Å². The molecule has 0 saturated carbocycles. The molecular formula is C15H18BrNO5. The topological polar surface area (TPSA) is 76.1 Å². The second-order valence-electron chi connectivity index (χ2n) is 5.29. The van der Waals surface area contributed by atoms with Crippen LogP contribution in [0.3, 0.4) is 0 Å². The number of benzene rings is 1. The van der Waals surface area contributed by atoms with E-state index in [0.29, 0.717) is 17.6 Å². The quantitative estimate of drug-likeness (QED) is 0.821. The van der Waals surface area contributed by atoms with Gasteiger partial charge in [-0.1, -0.05) is 15.9 Å². The number of morpholine rings is 1. The molecule has 1 aliphatic rings. The number of ether oxygens (including phenoxy) is 2. The summed E-state index contributed by atoms with van der Waals surface area (Å²) in [6.45, 7) is 4.37. The van der Waals surface area contributed by atoms with Crippen molar-refractivity contribution in [1.82, 2.24) is 4.90 Å². The van der Waals surface area contributed by atoms with Crippen LogP contribution in [0.4, 0.5) is 0 Å². The number of hydrogen-bond acceptors (Lipinski definition) is 5. The van der Waals surface area contributed by atoms with Crippen molar-refractivity contribution < 1.29 is 24.2 Å². The average Bonchev–Trinajstić information content (AvgIpc) is 2.45. The first-order chi connectivity index (χ1) is 10.4. The maximum atomic E-state index is 12.1. The van der Waals surface area contributed by atoms with Gasteiger partial charge < -0.3 is 19.5 Å². The SMILES string of the molecule is C[C@@H]1CN(C(=O)COC(=O)c2cc(Br)ccc2O)C[C@@H](C)O1. The molecule has 0 radical (unpaired) electrons. The zero-order valence-electron chi connectivity index (χ0n) is 12.4. The standard InChI is InChI=1S/C15H18BrNO5/c1-9-6-17(7-10(2)22-9)14(19)8-21-15(20)12-5-11(16)3-4-13(12)18/h3-5,9-10,18H,6-8H2,1-2H3/t9-,10-/m1/s1. The third-order valence-corrected chi connectivity index (χ3v) is 3.77. The Morgan fingerprint density at radius 1 is 1.36 bits per heavy atom. The molecule has 6 nitrogen and oxygen atoms in total. The van der Waals surface area contributed by atoms with E-state index >= 15 is 0 Å². The van der Waals surface area contributed by atoms with Crippen LogP contribution >= 0.6 is 15.9 Å². The number of halogens is 1. The number of hydrogen-bond donors (Lipinski definition) is 1. The summed E-state index contributed by atoms with van der Waals surface area (Å²) in [7, 11) is 0. The number of amides is 1. The van der Waals surface area contributed by atoms with Crippen molar-refractivity contribution in [2.45, 2.75) is 26.1 Å². The van der Waals surface area contributed by atoms with Crippen LogP contribution in [-0.2, 0) is 14.3 Å². The molecule has 1 saturated heterocycles. The zero-order chi connectivity index (χ0) is 16.3. The number of phenols is 1. The van der Waals surface area contributed by atoms with Crippen molar-refractivity contribution in [2.24, 2.45) is 0 Å². The number of esters is 1.